The Morgan fingerprint density at radius 2 is 2.06 bits per heavy atom. The molecule has 7 heteroatoms. The van der Waals surface area contributed by atoms with Crippen LogP contribution in [-0.4, -0.2) is 40.5 Å². The number of carboxylic acid groups (broad SMARTS) is 2. The minimum Gasteiger partial charge on any atom is -0.481 e. The van der Waals surface area contributed by atoms with Gasteiger partial charge in [-0.2, -0.15) is 0 Å². The molecule has 1 aromatic heterocycles. The smallest absolute Gasteiger partial charge is 0.320 e. The zero-order valence-corrected chi connectivity index (χ0v) is 9.46. The van der Waals surface area contributed by atoms with Crippen LogP contribution in [0.4, 0.5) is 0 Å². The van der Waals surface area contributed by atoms with E-state index in [9.17, 15) is 14.4 Å². The summed E-state index contributed by atoms with van der Waals surface area (Å²) in [6.07, 6.45) is 0.974. The van der Waals surface area contributed by atoms with Crippen LogP contribution in [0.25, 0.3) is 0 Å². The topological polar surface area (TPSA) is 117 Å². The summed E-state index contributed by atoms with van der Waals surface area (Å²) in [5.41, 5.74) is 0. The van der Waals surface area contributed by atoms with Gasteiger partial charge in [-0.05, 0) is 18.6 Å². The van der Waals surface area contributed by atoms with Crippen LogP contribution in [0.3, 0.4) is 0 Å². The van der Waals surface area contributed by atoms with Crippen LogP contribution < -0.4 is 5.32 Å². The molecule has 1 atom stereocenters. The predicted molar refractivity (Wildman–Crippen MR) is 59.3 cm³/mol. The highest BCUT2D eigenvalue weighted by Crippen LogP contribution is 2.02. The van der Waals surface area contributed by atoms with Crippen LogP contribution in [0.15, 0.2) is 22.8 Å². The third-order valence-corrected chi connectivity index (χ3v) is 2.25. The maximum atomic E-state index is 11.5. The van der Waals surface area contributed by atoms with E-state index >= 15 is 0 Å². The first-order chi connectivity index (χ1) is 8.50. The van der Waals surface area contributed by atoms with Crippen molar-refractivity contribution in [2.75, 3.05) is 6.54 Å². The van der Waals surface area contributed by atoms with Crippen LogP contribution in [-0.2, 0) is 9.59 Å². The zero-order valence-electron chi connectivity index (χ0n) is 9.46. The van der Waals surface area contributed by atoms with E-state index in [-0.39, 0.29) is 30.9 Å². The first kappa shape index (κ1) is 13.9. The minimum atomic E-state index is -1.19. The molecule has 0 aliphatic carbocycles. The van der Waals surface area contributed by atoms with Crippen LogP contribution in [0.1, 0.15) is 23.4 Å². The summed E-state index contributed by atoms with van der Waals surface area (Å²) >= 11 is 0. The van der Waals surface area contributed by atoms with Crippen molar-refractivity contribution in [2.24, 2.45) is 0 Å². The molecule has 0 bridgehead atoms. The van der Waals surface area contributed by atoms with Crippen molar-refractivity contribution in [1.82, 2.24) is 5.32 Å². The Labute approximate surface area is 102 Å². The molecule has 0 aliphatic rings. The number of rotatable bonds is 8. The Hall–Kier alpha value is -2.15. The van der Waals surface area contributed by atoms with Crippen molar-refractivity contribution in [2.45, 2.75) is 18.9 Å². The molecule has 18 heavy (non-hydrogen) atoms. The van der Waals surface area contributed by atoms with Crippen molar-refractivity contribution in [3.8, 4) is 0 Å². The Kier molecular flexibility index (Phi) is 5.06. The Morgan fingerprint density at radius 1 is 1.33 bits per heavy atom. The molecular formula is C11H13NO6. The third kappa shape index (κ3) is 4.38. The largest absolute Gasteiger partial charge is 0.481 e. The minimum absolute atomic E-state index is 0.0872. The Bertz CT molecular complexity index is 425. The summed E-state index contributed by atoms with van der Waals surface area (Å²) in [4.78, 5) is 32.7. The lowest BCUT2D eigenvalue weighted by atomic mass is 10.1. The molecule has 0 radical (unpaired) electrons. The maximum absolute atomic E-state index is 11.5. The lowest BCUT2D eigenvalue weighted by Gasteiger charge is -2.11. The third-order valence-electron chi connectivity index (χ3n) is 2.25. The number of ketones is 1. The Balaban J connectivity index is 2.44. The van der Waals surface area contributed by atoms with E-state index in [1.165, 1.54) is 12.3 Å². The molecule has 0 aliphatic heterocycles. The van der Waals surface area contributed by atoms with Crippen molar-refractivity contribution in [3.05, 3.63) is 24.2 Å². The van der Waals surface area contributed by atoms with Crippen LogP contribution in [0.5, 0.6) is 0 Å². The fraction of sp³-hybridized carbons (Fsp3) is 0.364. The second kappa shape index (κ2) is 6.55. The van der Waals surface area contributed by atoms with Crippen molar-refractivity contribution >= 4 is 17.7 Å². The SMILES string of the molecule is O=C(O)CCC(NCC(=O)c1ccco1)C(=O)O. The number of hydrogen-bond donors (Lipinski definition) is 3. The lowest BCUT2D eigenvalue weighted by molar-refractivity contribution is -0.140. The zero-order chi connectivity index (χ0) is 13.5. The highest BCUT2D eigenvalue weighted by molar-refractivity contribution is 5.95. The molecule has 0 aromatic carbocycles. The van der Waals surface area contributed by atoms with E-state index in [4.69, 9.17) is 14.6 Å². The summed E-state index contributed by atoms with van der Waals surface area (Å²) in [5, 5.41) is 19.8. The average Bonchev–Trinajstić information content (AvgIpc) is 2.81. The highest BCUT2D eigenvalue weighted by Gasteiger charge is 2.20. The fourth-order valence-corrected chi connectivity index (χ4v) is 1.32. The normalized spacial score (nSPS) is 12.0. The van der Waals surface area contributed by atoms with E-state index in [0.29, 0.717) is 0 Å². The van der Waals surface area contributed by atoms with E-state index in [2.05, 4.69) is 5.32 Å². The molecule has 1 unspecified atom stereocenters. The monoisotopic (exact) mass is 255 g/mol. The molecule has 0 amide bonds. The van der Waals surface area contributed by atoms with E-state index < -0.39 is 18.0 Å². The molecule has 98 valence electrons. The predicted octanol–water partition coefficient (Wildman–Crippen LogP) is 0.370. The molecule has 1 heterocycles. The van der Waals surface area contributed by atoms with Gasteiger partial charge >= 0.3 is 11.9 Å². The molecule has 0 fully saturated rings. The average molecular weight is 255 g/mol. The van der Waals surface area contributed by atoms with Crippen LogP contribution in [0.2, 0.25) is 0 Å². The Morgan fingerprint density at radius 3 is 2.56 bits per heavy atom. The van der Waals surface area contributed by atoms with Gasteiger partial charge < -0.3 is 14.6 Å². The van der Waals surface area contributed by atoms with Gasteiger partial charge in [0, 0.05) is 6.42 Å². The number of furan rings is 1. The summed E-state index contributed by atoms with van der Waals surface area (Å²) in [7, 11) is 0. The number of carbonyl (C=O) groups excluding carboxylic acids is 1. The summed E-state index contributed by atoms with van der Waals surface area (Å²) in [5.74, 6) is -2.53. The molecule has 7 nitrogen and oxygen atoms in total. The van der Waals surface area contributed by atoms with Gasteiger partial charge in [0.25, 0.3) is 0 Å². The first-order valence-electron chi connectivity index (χ1n) is 5.25. The standard InChI is InChI=1S/C11H13NO6/c13-8(9-2-1-5-18-9)6-12-7(11(16)17)3-4-10(14)15/h1-2,5,7,12H,3-4,6H2,(H,14,15)(H,16,17). The molecule has 1 rings (SSSR count). The van der Waals surface area contributed by atoms with Crippen molar-refractivity contribution in [3.63, 3.8) is 0 Å². The van der Waals surface area contributed by atoms with Crippen molar-refractivity contribution in [1.29, 1.82) is 0 Å². The van der Waals surface area contributed by atoms with Gasteiger partial charge in [-0.3, -0.25) is 19.7 Å². The molecule has 0 saturated carbocycles. The molecule has 1 aromatic rings. The second-order valence-corrected chi connectivity index (χ2v) is 3.60. The highest BCUT2D eigenvalue weighted by atomic mass is 16.4. The second-order valence-electron chi connectivity index (χ2n) is 3.60. The van der Waals surface area contributed by atoms with Gasteiger partial charge in [0.05, 0.1) is 12.8 Å². The number of hydrogen-bond acceptors (Lipinski definition) is 5. The van der Waals surface area contributed by atoms with Gasteiger partial charge in [-0.1, -0.05) is 0 Å². The van der Waals surface area contributed by atoms with E-state index in [0.717, 1.165) is 0 Å². The fourth-order valence-electron chi connectivity index (χ4n) is 1.32. The van der Waals surface area contributed by atoms with E-state index in [1.807, 2.05) is 0 Å². The van der Waals surface area contributed by atoms with Crippen molar-refractivity contribution < 1.29 is 29.0 Å². The van der Waals surface area contributed by atoms with Crippen LogP contribution >= 0.6 is 0 Å². The number of carbonyl (C=O) groups is 3. The molecule has 0 spiro atoms. The maximum Gasteiger partial charge on any atom is 0.320 e. The summed E-state index contributed by atoms with van der Waals surface area (Å²) < 4.78 is 4.86. The van der Waals surface area contributed by atoms with Gasteiger partial charge in [0.2, 0.25) is 5.78 Å². The van der Waals surface area contributed by atoms with Gasteiger partial charge in [-0.15, -0.1) is 0 Å². The first-order valence-corrected chi connectivity index (χ1v) is 5.25. The quantitative estimate of drug-likeness (QED) is 0.574. The number of carboxylic acids is 2. The summed E-state index contributed by atoms with van der Waals surface area (Å²) in [6, 6.07) is 1.95. The van der Waals surface area contributed by atoms with Gasteiger partial charge in [0.1, 0.15) is 6.04 Å². The van der Waals surface area contributed by atoms with E-state index in [1.54, 1.807) is 6.07 Å². The molecule has 0 saturated heterocycles. The molecular weight excluding hydrogens is 242 g/mol. The number of Topliss-reactive ketones (excluding diaryl/α,β-unsaturated/α-hetero) is 1. The lowest BCUT2D eigenvalue weighted by Crippen LogP contribution is -2.40. The van der Waals surface area contributed by atoms with Gasteiger partial charge in [-0.25, -0.2) is 0 Å². The van der Waals surface area contributed by atoms with Gasteiger partial charge in [0.15, 0.2) is 5.76 Å². The molecule has 3 N–H and O–H groups in total. The van der Waals surface area contributed by atoms with Crippen LogP contribution in [0, 0.1) is 0 Å². The number of aliphatic carboxylic acids is 2. The summed E-state index contributed by atoms with van der Waals surface area (Å²) in [6.45, 7) is -0.218. The number of nitrogens with one attached hydrogen (secondary N) is 1.